The van der Waals surface area contributed by atoms with E-state index in [9.17, 15) is 9.90 Å². The maximum Gasteiger partial charge on any atom is 0.410 e. The molecule has 1 unspecified atom stereocenters. The Morgan fingerprint density at radius 2 is 1.83 bits per heavy atom. The summed E-state index contributed by atoms with van der Waals surface area (Å²) in [6.07, 6.45) is 0.580. The van der Waals surface area contributed by atoms with Crippen molar-refractivity contribution in [2.75, 3.05) is 13.2 Å². The monoisotopic (exact) mass is 257 g/mol. The second-order valence-corrected chi connectivity index (χ2v) is 7.22. The van der Waals surface area contributed by atoms with Gasteiger partial charge in [0.1, 0.15) is 5.60 Å². The number of hydrogen-bond acceptors (Lipinski definition) is 3. The summed E-state index contributed by atoms with van der Waals surface area (Å²) >= 11 is 0. The standard InChI is InChI=1S/C14H27NO3/c1-13(2,3)11-10(9-16)7-8-15(11)12(17)18-14(4,5)6/h10-11,16H,7-9H2,1-6H3/t10?,11-/m1/s1. The van der Waals surface area contributed by atoms with E-state index in [1.54, 1.807) is 4.90 Å². The van der Waals surface area contributed by atoms with Crippen LogP contribution >= 0.6 is 0 Å². The van der Waals surface area contributed by atoms with Crippen LogP contribution in [0, 0.1) is 11.3 Å². The Morgan fingerprint density at radius 1 is 1.28 bits per heavy atom. The van der Waals surface area contributed by atoms with E-state index >= 15 is 0 Å². The molecule has 18 heavy (non-hydrogen) atoms. The molecule has 0 aromatic carbocycles. The minimum absolute atomic E-state index is 0.0392. The minimum Gasteiger partial charge on any atom is -0.444 e. The van der Waals surface area contributed by atoms with Gasteiger partial charge >= 0.3 is 6.09 Å². The van der Waals surface area contributed by atoms with Crippen molar-refractivity contribution in [3.8, 4) is 0 Å². The predicted octanol–water partition coefficient (Wildman–Crippen LogP) is 2.65. The first kappa shape index (κ1) is 15.3. The van der Waals surface area contributed by atoms with E-state index in [4.69, 9.17) is 4.74 Å². The zero-order valence-corrected chi connectivity index (χ0v) is 12.5. The summed E-state index contributed by atoms with van der Waals surface area (Å²) in [4.78, 5) is 14.0. The second kappa shape index (κ2) is 5.08. The van der Waals surface area contributed by atoms with Gasteiger partial charge in [0, 0.05) is 25.1 Å². The average Bonchev–Trinajstić information content (AvgIpc) is 2.57. The molecule has 0 bridgehead atoms. The highest BCUT2D eigenvalue weighted by Crippen LogP contribution is 2.37. The predicted molar refractivity (Wildman–Crippen MR) is 71.4 cm³/mol. The molecule has 4 heteroatoms. The summed E-state index contributed by atoms with van der Waals surface area (Å²) in [5.74, 6) is 0.150. The number of aliphatic hydroxyl groups excluding tert-OH is 1. The highest BCUT2D eigenvalue weighted by molar-refractivity contribution is 5.69. The number of carbonyl (C=O) groups excluding carboxylic acids is 1. The van der Waals surface area contributed by atoms with Crippen molar-refractivity contribution < 1.29 is 14.6 Å². The van der Waals surface area contributed by atoms with Crippen molar-refractivity contribution in [2.24, 2.45) is 11.3 Å². The van der Waals surface area contributed by atoms with Gasteiger partial charge in [-0.1, -0.05) is 20.8 Å². The molecular weight excluding hydrogens is 230 g/mol. The zero-order valence-electron chi connectivity index (χ0n) is 12.5. The third-order valence-electron chi connectivity index (χ3n) is 3.27. The molecule has 0 aromatic heterocycles. The largest absolute Gasteiger partial charge is 0.444 e. The topological polar surface area (TPSA) is 49.8 Å². The normalized spacial score (nSPS) is 25.4. The van der Waals surface area contributed by atoms with Crippen LogP contribution in [0.25, 0.3) is 0 Å². The van der Waals surface area contributed by atoms with Crippen molar-refractivity contribution in [2.45, 2.75) is 59.6 Å². The molecule has 1 rings (SSSR count). The fraction of sp³-hybridized carbons (Fsp3) is 0.929. The third-order valence-corrected chi connectivity index (χ3v) is 3.27. The van der Waals surface area contributed by atoms with Gasteiger partial charge in [0.05, 0.1) is 0 Å². The molecule has 4 nitrogen and oxygen atoms in total. The highest BCUT2D eigenvalue weighted by atomic mass is 16.6. The Kier molecular flexibility index (Phi) is 4.31. The first-order valence-corrected chi connectivity index (χ1v) is 6.67. The van der Waals surface area contributed by atoms with Crippen LogP contribution in [0.5, 0.6) is 0 Å². The van der Waals surface area contributed by atoms with Crippen molar-refractivity contribution >= 4 is 6.09 Å². The molecule has 1 aliphatic rings. The molecule has 0 saturated carbocycles. The molecule has 0 radical (unpaired) electrons. The molecule has 0 spiro atoms. The Bertz CT molecular complexity index is 301. The van der Waals surface area contributed by atoms with E-state index in [2.05, 4.69) is 20.8 Å². The maximum atomic E-state index is 12.2. The molecular formula is C14H27NO3. The van der Waals surface area contributed by atoms with E-state index in [-0.39, 0.29) is 30.1 Å². The Morgan fingerprint density at radius 3 is 2.22 bits per heavy atom. The van der Waals surface area contributed by atoms with Gasteiger partial charge in [-0.25, -0.2) is 4.79 Å². The van der Waals surface area contributed by atoms with Gasteiger partial charge < -0.3 is 14.7 Å². The van der Waals surface area contributed by atoms with E-state index < -0.39 is 5.60 Å². The molecule has 1 amide bonds. The molecule has 1 saturated heterocycles. The Balaban J connectivity index is 2.85. The van der Waals surface area contributed by atoms with Gasteiger partial charge in [-0.2, -0.15) is 0 Å². The quantitative estimate of drug-likeness (QED) is 0.785. The molecule has 1 aliphatic heterocycles. The van der Waals surface area contributed by atoms with Crippen LogP contribution in [0.4, 0.5) is 4.79 Å². The molecule has 1 heterocycles. The summed E-state index contributed by atoms with van der Waals surface area (Å²) in [5, 5.41) is 9.45. The van der Waals surface area contributed by atoms with Gasteiger partial charge in [0.15, 0.2) is 0 Å². The van der Waals surface area contributed by atoms with Gasteiger partial charge in [-0.3, -0.25) is 0 Å². The fourth-order valence-electron chi connectivity index (χ4n) is 2.75. The van der Waals surface area contributed by atoms with Crippen LogP contribution in [0.1, 0.15) is 48.0 Å². The first-order chi connectivity index (χ1) is 8.06. The number of nitrogens with zero attached hydrogens (tertiary/aromatic N) is 1. The van der Waals surface area contributed by atoms with Gasteiger partial charge in [-0.05, 0) is 32.6 Å². The van der Waals surface area contributed by atoms with Crippen LogP contribution < -0.4 is 0 Å². The number of aliphatic hydroxyl groups is 1. The van der Waals surface area contributed by atoms with E-state index in [1.807, 2.05) is 20.8 Å². The molecule has 0 aliphatic carbocycles. The van der Waals surface area contributed by atoms with Crippen LogP contribution in [-0.4, -0.2) is 40.9 Å². The third kappa shape index (κ3) is 3.61. The number of rotatable bonds is 1. The molecule has 106 valence electrons. The van der Waals surface area contributed by atoms with E-state index in [0.717, 1.165) is 6.42 Å². The van der Waals surface area contributed by atoms with Gasteiger partial charge in [-0.15, -0.1) is 0 Å². The minimum atomic E-state index is -0.475. The van der Waals surface area contributed by atoms with Gasteiger partial charge in [0.25, 0.3) is 0 Å². The second-order valence-electron chi connectivity index (χ2n) is 7.22. The molecule has 0 aromatic rings. The van der Waals surface area contributed by atoms with Crippen LogP contribution in [0.2, 0.25) is 0 Å². The summed E-state index contributed by atoms with van der Waals surface area (Å²) in [5.41, 5.74) is -0.530. The summed E-state index contributed by atoms with van der Waals surface area (Å²) in [6, 6.07) is 0.0392. The lowest BCUT2D eigenvalue weighted by Gasteiger charge is -2.38. The SMILES string of the molecule is CC(C)(C)OC(=O)N1CCC(CO)[C@@H]1C(C)(C)C. The molecule has 1 N–H and O–H groups in total. The summed E-state index contributed by atoms with van der Waals surface area (Å²) in [6.45, 7) is 12.7. The van der Waals surface area contributed by atoms with E-state index in [1.165, 1.54) is 0 Å². The van der Waals surface area contributed by atoms with Crippen molar-refractivity contribution in [3.63, 3.8) is 0 Å². The fourth-order valence-corrected chi connectivity index (χ4v) is 2.75. The molecule has 2 atom stereocenters. The summed E-state index contributed by atoms with van der Waals surface area (Å²) in [7, 11) is 0. The Hall–Kier alpha value is -0.770. The number of likely N-dealkylation sites (tertiary alicyclic amines) is 1. The lowest BCUT2D eigenvalue weighted by atomic mass is 9.80. The van der Waals surface area contributed by atoms with Gasteiger partial charge in [0.2, 0.25) is 0 Å². The maximum absolute atomic E-state index is 12.2. The number of hydrogen-bond donors (Lipinski definition) is 1. The van der Waals surface area contributed by atoms with Crippen LogP contribution in [0.15, 0.2) is 0 Å². The summed E-state index contributed by atoms with van der Waals surface area (Å²) < 4.78 is 5.45. The molecule has 1 fully saturated rings. The number of amides is 1. The van der Waals surface area contributed by atoms with Crippen molar-refractivity contribution in [1.82, 2.24) is 4.90 Å². The smallest absolute Gasteiger partial charge is 0.410 e. The lowest BCUT2D eigenvalue weighted by molar-refractivity contribution is 0.00471. The Labute approximate surface area is 110 Å². The first-order valence-electron chi connectivity index (χ1n) is 6.67. The average molecular weight is 257 g/mol. The zero-order chi connectivity index (χ0) is 14.1. The number of ether oxygens (including phenoxy) is 1. The van der Waals surface area contributed by atoms with Crippen LogP contribution in [0.3, 0.4) is 0 Å². The highest BCUT2D eigenvalue weighted by Gasteiger charge is 2.44. The van der Waals surface area contributed by atoms with Crippen molar-refractivity contribution in [1.29, 1.82) is 0 Å². The van der Waals surface area contributed by atoms with Crippen molar-refractivity contribution in [3.05, 3.63) is 0 Å². The number of carbonyl (C=O) groups is 1. The van der Waals surface area contributed by atoms with E-state index in [0.29, 0.717) is 6.54 Å². The lowest BCUT2D eigenvalue weighted by Crippen LogP contribution is -2.48. The van der Waals surface area contributed by atoms with Crippen LogP contribution in [-0.2, 0) is 4.74 Å².